The minimum Gasteiger partial charge on any atom is -0.478 e. The molecule has 4 aromatic rings. The Bertz CT molecular complexity index is 1470. The maximum Gasteiger partial charge on any atom is 0.336 e. The molecule has 2 heterocycles. The highest BCUT2D eigenvalue weighted by molar-refractivity contribution is 5.96. The lowest BCUT2D eigenvalue weighted by molar-refractivity contribution is 0.0697. The Kier molecular flexibility index (Phi) is 6.95. The van der Waals surface area contributed by atoms with Crippen LogP contribution in [0.2, 0.25) is 0 Å². The zero-order valence-corrected chi connectivity index (χ0v) is 21.3. The number of carboxylic acids is 1. The Morgan fingerprint density at radius 1 is 1.00 bits per heavy atom. The molecule has 1 aliphatic heterocycles. The van der Waals surface area contributed by atoms with Crippen LogP contribution >= 0.6 is 0 Å². The summed E-state index contributed by atoms with van der Waals surface area (Å²) in [4.78, 5) is 31.3. The van der Waals surface area contributed by atoms with Gasteiger partial charge in [0.05, 0.1) is 16.6 Å². The van der Waals surface area contributed by atoms with E-state index in [4.69, 9.17) is 4.98 Å². The van der Waals surface area contributed by atoms with Gasteiger partial charge in [-0.05, 0) is 79.3 Å². The average Bonchev–Trinajstić information content (AvgIpc) is 3.55. The molecule has 1 aromatic heterocycles. The number of amides is 2. The molecule has 0 radical (unpaired) electrons. The number of nitrogens with zero attached hydrogens (tertiary/aromatic N) is 3. The molecule has 0 unspecified atom stereocenters. The molecule has 1 aliphatic rings. The van der Waals surface area contributed by atoms with Crippen molar-refractivity contribution in [2.75, 3.05) is 18.4 Å². The molecule has 1 fully saturated rings. The van der Waals surface area contributed by atoms with E-state index in [1.54, 1.807) is 12.1 Å². The maximum absolute atomic E-state index is 12.7. The summed E-state index contributed by atoms with van der Waals surface area (Å²) in [5.74, 6) is 0.0306. The minimum absolute atomic E-state index is 0.0635. The van der Waals surface area contributed by atoms with Gasteiger partial charge in [-0.1, -0.05) is 37.6 Å². The number of carbonyl (C=O) groups is 2. The van der Waals surface area contributed by atoms with Crippen molar-refractivity contribution in [1.82, 2.24) is 14.5 Å². The summed E-state index contributed by atoms with van der Waals surface area (Å²) in [5.41, 5.74) is 6.38. The van der Waals surface area contributed by atoms with Crippen molar-refractivity contribution in [3.05, 3.63) is 77.6 Å². The Labute approximate surface area is 216 Å². The van der Waals surface area contributed by atoms with E-state index in [9.17, 15) is 14.7 Å². The molecule has 0 aliphatic carbocycles. The van der Waals surface area contributed by atoms with Gasteiger partial charge in [0, 0.05) is 30.9 Å². The van der Waals surface area contributed by atoms with Crippen LogP contribution in [0.1, 0.15) is 54.4 Å². The molecule has 1 saturated heterocycles. The molecule has 2 N–H and O–H groups in total. The second-order valence-corrected chi connectivity index (χ2v) is 9.64. The van der Waals surface area contributed by atoms with Crippen LogP contribution in [-0.2, 0) is 6.42 Å². The molecule has 0 atom stereocenters. The Morgan fingerprint density at radius 2 is 1.78 bits per heavy atom. The van der Waals surface area contributed by atoms with Crippen LogP contribution in [0.4, 0.5) is 10.5 Å². The number of imidazole rings is 1. The topological polar surface area (TPSA) is 87.5 Å². The monoisotopic (exact) mass is 496 g/mol. The molecular formula is C30H32N4O3. The van der Waals surface area contributed by atoms with Crippen molar-refractivity contribution >= 4 is 28.7 Å². The fraction of sp³-hybridized carbons (Fsp3) is 0.300. The zero-order valence-electron chi connectivity index (χ0n) is 21.3. The molecule has 0 saturated carbocycles. The molecule has 0 spiro atoms. The van der Waals surface area contributed by atoms with E-state index < -0.39 is 5.97 Å². The van der Waals surface area contributed by atoms with Gasteiger partial charge in [0.1, 0.15) is 5.82 Å². The van der Waals surface area contributed by atoms with E-state index in [1.165, 1.54) is 0 Å². The highest BCUT2D eigenvalue weighted by Gasteiger charge is 2.20. The fourth-order valence-corrected chi connectivity index (χ4v) is 5.11. The van der Waals surface area contributed by atoms with Gasteiger partial charge in [-0.2, -0.15) is 0 Å². The lowest BCUT2D eigenvalue weighted by Crippen LogP contribution is -2.32. The third-order valence-corrected chi connectivity index (χ3v) is 7.04. The fourth-order valence-electron chi connectivity index (χ4n) is 5.11. The van der Waals surface area contributed by atoms with Gasteiger partial charge >= 0.3 is 12.0 Å². The third kappa shape index (κ3) is 4.94. The van der Waals surface area contributed by atoms with Crippen LogP contribution in [0.15, 0.2) is 60.7 Å². The van der Waals surface area contributed by atoms with Crippen molar-refractivity contribution in [3.63, 3.8) is 0 Å². The molecule has 7 nitrogen and oxygen atoms in total. The first-order valence-electron chi connectivity index (χ1n) is 13.0. The van der Waals surface area contributed by atoms with Crippen molar-refractivity contribution in [2.24, 2.45) is 0 Å². The zero-order chi connectivity index (χ0) is 25.9. The van der Waals surface area contributed by atoms with Crippen molar-refractivity contribution < 1.29 is 14.7 Å². The van der Waals surface area contributed by atoms with Crippen LogP contribution in [0.3, 0.4) is 0 Å². The summed E-state index contributed by atoms with van der Waals surface area (Å²) in [6.07, 6.45) is 5.01. The number of rotatable bonds is 7. The van der Waals surface area contributed by atoms with Gasteiger partial charge in [-0.3, -0.25) is 4.57 Å². The number of unbranched alkanes of at least 4 members (excludes halogenated alkanes) is 1. The number of nitrogens with one attached hydrogen (secondary N) is 1. The second-order valence-electron chi connectivity index (χ2n) is 9.64. The number of aryl methyl sites for hydroxylation is 2. The first-order chi connectivity index (χ1) is 18.0. The standard InChI is InChI=1S/C30H32N4O3/c1-3-4-11-28-32-26-15-12-21(31-30(37)33-16-7-8-17-33)19-27(26)34(28)22-13-14-23(20(2)18-22)24-9-5-6-10-25(24)29(35)36/h5-6,9-10,12-15,18-19H,3-4,7-8,11,16-17H2,1-2H3,(H,31,37)(H,35,36). The number of aromatic carboxylic acids is 1. The van der Waals surface area contributed by atoms with Crippen LogP contribution in [0.25, 0.3) is 27.8 Å². The molecule has 5 rings (SSSR count). The van der Waals surface area contributed by atoms with Crippen molar-refractivity contribution in [1.29, 1.82) is 0 Å². The van der Waals surface area contributed by atoms with Crippen molar-refractivity contribution in [2.45, 2.75) is 46.0 Å². The number of aromatic nitrogens is 2. The number of fused-ring (bicyclic) bond motifs is 1. The van der Waals surface area contributed by atoms with Crippen LogP contribution in [0, 0.1) is 6.92 Å². The summed E-state index contributed by atoms with van der Waals surface area (Å²) >= 11 is 0. The summed E-state index contributed by atoms with van der Waals surface area (Å²) in [7, 11) is 0. The van der Waals surface area contributed by atoms with Crippen LogP contribution in [-0.4, -0.2) is 44.6 Å². The molecule has 190 valence electrons. The maximum atomic E-state index is 12.7. The number of urea groups is 1. The van der Waals surface area contributed by atoms with E-state index in [-0.39, 0.29) is 11.6 Å². The van der Waals surface area contributed by atoms with E-state index in [0.29, 0.717) is 5.56 Å². The van der Waals surface area contributed by atoms with E-state index in [1.807, 2.05) is 54.3 Å². The van der Waals surface area contributed by atoms with E-state index in [2.05, 4.69) is 22.9 Å². The molecule has 7 heteroatoms. The van der Waals surface area contributed by atoms with Gasteiger partial charge in [-0.15, -0.1) is 0 Å². The van der Waals surface area contributed by atoms with E-state index >= 15 is 0 Å². The normalized spacial score (nSPS) is 13.3. The number of carbonyl (C=O) groups excluding carboxylic acids is 1. The van der Waals surface area contributed by atoms with Gasteiger partial charge < -0.3 is 15.3 Å². The molecule has 0 bridgehead atoms. The summed E-state index contributed by atoms with van der Waals surface area (Å²) in [5, 5.41) is 12.7. The first-order valence-corrected chi connectivity index (χ1v) is 13.0. The number of likely N-dealkylation sites (tertiary alicyclic amines) is 1. The predicted octanol–water partition coefficient (Wildman–Crippen LogP) is 6.67. The largest absolute Gasteiger partial charge is 0.478 e. The van der Waals surface area contributed by atoms with Crippen LogP contribution in [0.5, 0.6) is 0 Å². The number of hydrogen-bond donors (Lipinski definition) is 2. The highest BCUT2D eigenvalue weighted by Crippen LogP contribution is 2.31. The number of hydrogen-bond acceptors (Lipinski definition) is 3. The van der Waals surface area contributed by atoms with Gasteiger partial charge in [0.15, 0.2) is 0 Å². The van der Waals surface area contributed by atoms with Gasteiger partial charge in [0.25, 0.3) is 0 Å². The average molecular weight is 497 g/mol. The highest BCUT2D eigenvalue weighted by atomic mass is 16.4. The number of anilines is 1. The Balaban J connectivity index is 1.56. The summed E-state index contributed by atoms with van der Waals surface area (Å²) in [6.45, 7) is 5.76. The van der Waals surface area contributed by atoms with Gasteiger partial charge in [0.2, 0.25) is 0 Å². The first kappa shape index (κ1) is 24.6. The predicted molar refractivity (Wildman–Crippen MR) is 147 cm³/mol. The quantitative estimate of drug-likeness (QED) is 0.299. The third-order valence-electron chi connectivity index (χ3n) is 7.04. The number of carboxylic acid groups (broad SMARTS) is 1. The Hall–Kier alpha value is -4.13. The second kappa shape index (κ2) is 10.5. The van der Waals surface area contributed by atoms with E-state index in [0.717, 1.165) is 84.6 Å². The smallest absolute Gasteiger partial charge is 0.336 e. The molecule has 2 amide bonds. The minimum atomic E-state index is -0.940. The lowest BCUT2D eigenvalue weighted by Gasteiger charge is -2.17. The number of benzene rings is 3. The molecular weight excluding hydrogens is 464 g/mol. The molecule has 3 aromatic carbocycles. The Morgan fingerprint density at radius 3 is 2.51 bits per heavy atom. The van der Waals surface area contributed by atoms with Crippen molar-refractivity contribution in [3.8, 4) is 16.8 Å². The lowest BCUT2D eigenvalue weighted by atomic mass is 9.95. The SMILES string of the molecule is CCCCc1nc2ccc(NC(=O)N3CCCC3)cc2n1-c1ccc(-c2ccccc2C(=O)O)c(C)c1. The van der Waals surface area contributed by atoms with Gasteiger partial charge in [-0.25, -0.2) is 14.6 Å². The summed E-state index contributed by atoms with van der Waals surface area (Å²) < 4.78 is 2.16. The van der Waals surface area contributed by atoms with Crippen LogP contribution < -0.4 is 5.32 Å². The molecule has 37 heavy (non-hydrogen) atoms. The summed E-state index contributed by atoms with van der Waals surface area (Å²) in [6, 6.07) is 19.0.